The Balaban J connectivity index is 0.000000200. The Hall–Kier alpha value is -5.57. The molecule has 8 atom stereocenters. The summed E-state index contributed by atoms with van der Waals surface area (Å²) in [6.45, 7) is 7.94. The summed E-state index contributed by atoms with van der Waals surface area (Å²) in [5, 5.41) is 10.8. The van der Waals surface area contributed by atoms with Gasteiger partial charge in [-0.25, -0.2) is 0 Å². The van der Waals surface area contributed by atoms with Crippen LogP contribution < -0.4 is 0 Å². The summed E-state index contributed by atoms with van der Waals surface area (Å²) in [6, 6.07) is 59.5. The zero-order valence-corrected chi connectivity index (χ0v) is 38.5. The maximum atomic E-state index is 11.9. The van der Waals surface area contributed by atoms with Gasteiger partial charge in [0.25, 0.3) is 0 Å². The summed E-state index contributed by atoms with van der Waals surface area (Å²) in [7, 11) is 0. The third-order valence-corrected chi connectivity index (χ3v) is 11.8. The number of benzene rings is 6. The van der Waals surface area contributed by atoms with Gasteiger partial charge in [0, 0.05) is 6.92 Å². The monoisotopic (exact) mass is 910 g/mol. The largest absolute Gasteiger partial charge is 0.433 e. The topological polar surface area (TPSA) is 120 Å². The number of aliphatic hydroxyl groups is 1. The van der Waals surface area contributed by atoms with Crippen LogP contribution in [0.3, 0.4) is 0 Å². The number of carbonyl (C=O) groups is 1. The molecule has 352 valence electrons. The molecular formula is C56H62O11. The van der Waals surface area contributed by atoms with Crippen molar-refractivity contribution >= 4 is 5.97 Å². The SMILES string of the molecule is CC(=O)OC1O[C@H](COCc2ccccc2)[C@@H](OCc2ccccc2)[C@@]1(C)OCc1ccccc1.C[C@]1(OCc2ccccc2)C(O)O[C@H](COCc2ccccc2)[C@H]1OCc1ccccc1. The lowest BCUT2D eigenvalue weighted by Crippen LogP contribution is -2.50. The minimum absolute atomic E-state index is 0.260. The summed E-state index contributed by atoms with van der Waals surface area (Å²) in [5.41, 5.74) is 4.15. The minimum Gasteiger partial charge on any atom is -0.433 e. The summed E-state index contributed by atoms with van der Waals surface area (Å²) in [5.74, 6) is -0.447. The molecule has 2 aliphatic rings. The molecule has 0 aromatic heterocycles. The third-order valence-electron chi connectivity index (χ3n) is 11.8. The van der Waals surface area contributed by atoms with Gasteiger partial charge >= 0.3 is 5.97 Å². The van der Waals surface area contributed by atoms with Crippen molar-refractivity contribution < 1.29 is 52.5 Å². The molecule has 0 bridgehead atoms. The van der Waals surface area contributed by atoms with Crippen LogP contribution in [0.15, 0.2) is 182 Å². The first-order valence-electron chi connectivity index (χ1n) is 22.8. The average molecular weight is 911 g/mol. The van der Waals surface area contributed by atoms with Crippen LogP contribution in [0, 0.1) is 0 Å². The highest BCUT2D eigenvalue weighted by atomic mass is 16.8. The highest BCUT2D eigenvalue weighted by molar-refractivity contribution is 5.66. The lowest BCUT2D eigenvalue weighted by Gasteiger charge is -2.34. The van der Waals surface area contributed by atoms with Gasteiger partial charge in [0.1, 0.15) is 30.0 Å². The summed E-state index contributed by atoms with van der Waals surface area (Å²) in [6.07, 6.45) is -4.05. The summed E-state index contributed by atoms with van der Waals surface area (Å²) < 4.78 is 54.9. The fourth-order valence-electron chi connectivity index (χ4n) is 8.03. The van der Waals surface area contributed by atoms with Gasteiger partial charge in [-0.15, -0.1) is 0 Å². The molecule has 11 heteroatoms. The molecule has 2 heterocycles. The third kappa shape index (κ3) is 14.2. The van der Waals surface area contributed by atoms with Crippen LogP contribution in [0.1, 0.15) is 54.2 Å². The van der Waals surface area contributed by atoms with Crippen LogP contribution in [-0.4, -0.2) is 72.5 Å². The Kier molecular flexibility index (Phi) is 18.4. The predicted molar refractivity (Wildman–Crippen MR) is 253 cm³/mol. The van der Waals surface area contributed by atoms with E-state index in [1.54, 1.807) is 0 Å². The van der Waals surface area contributed by atoms with Crippen LogP contribution in [0.25, 0.3) is 0 Å². The molecule has 8 rings (SSSR count). The number of rotatable bonds is 21. The van der Waals surface area contributed by atoms with E-state index < -0.39 is 54.2 Å². The molecule has 6 aromatic rings. The van der Waals surface area contributed by atoms with Gasteiger partial charge in [0.05, 0.1) is 52.9 Å². The van der Waals surface area contributed by atoms with Crippen LogP contribution >= 0.6 is 0 Å². The van der Waals surface area contributed by atoms with E-state index in [9.17, 15) is 9.90 Å². The number of hydrogen-bond donors (Lipinski definition) is 1. The maximum Gasteiger partial charge on any atom is 0.305 e. The normalized spacial score (nSPS) is 24.4. The molecule has 0 saturated carbocycles. The number of esters is 1. The Labute approximate surface area is 394 Å². The van der Waals surface area contributed by atoms with E-state index in [-0.39, 0.29) is 13.2 Å². The number of ether oxygens (including phenoxy) is 9. The lowest BCUT2D eigenvalue weighted by atomic mass is 9.96. The number of hydrogen-bond acceptors (Lipinski definition) is 11. The zero-order chi connectivity index (χ0) is 46.7. The number of aliphatic hydroxyl groups excluding tert-OH is 1. The zero-order valence-electron chi connectivity index (χ0n) is 38.5. The van der Waals surface area contributed by atoms with E-state index in [0.717, 1.165) is 33.4 Å². The minimum atomic E-state index is -1.13. The van der Waals surface area contributed by atoms with Gasteiger partial charge < -0.3 is 47.7 Å². The van der Waals surface area contributed by atoms with Gasteiger partial charge in [0.2, 0.25) is 6.29 Å². The van der Waals surface area contributed by atoms with Gasteiger partial charge in [-0.1, -0.05) is 182 Å². The first-order chi connectivity index (χ1) is 32.7. The van der Waals surface area contributed by atoms with Crippen LogP contribution in [0.2, 0.25) is 0 Å². The molecule has 0 aliphatic carbocycles. The molecule has 11 nitrogen and oxygen atoms in total. The van der Waals surface area contributed by atoms with Crippen LogP contribution in [-0.2, 0) is 87.1 Å². The van der Waals surface area contributed by atoms with Gasteiger partial charge in [0.15, 0.2) is 11.9 Å². The Morgan fingerprint density at radius 2 is 0.776 bits per heavy atom. The molecule has 0 amide bonds. The van der Waals surface area contributed by atoms with Crippen molar-refractivity contribution in [1.82, 2.24) is 0 Å². The second-order valence-electron chi connectivity index (χ2n) is 17.0. The first-order valence-corrected chi connectivity index (χ1v) is 22.8. The predicted octanol–water partition coefficient (Wildman–Crippen LogP) is 9.53. The van der Waals surface area contributed by atoms with Crippen molar-refractivity contribution in [3.05, 3.63) is 215 Å². The van der Waals surface area contributed by atoms with Gasteiger partial charge in [-0.2, -0.15) is 0 Å². The highest BCUT2D eigenvalue weighted by Gasteiger charge is 2.58. The van der Waals surface area contributed by atoms with E-state index in [1.165, 1.54) is 6.92 Å². The van der Waals surface area contributed by atoms with E-state index in [2.05, 4.69) is 0 Å². The fourth-order valence-corrected chi connectivity index (χ4v) is 8.03. The molecule has 1 N–H and O–H groups in total. The van der Waals surface area contributed by atoms with Gasteiger partial charge in [-0.3, -0.25) is 4.79 Å². The highest BCUT2D eigenvalue weighted by Crippen LogP contribution is 2.40. The molecule has 0 spiro atoms. The molecule has 2 saturated heterocycles. The average Bonchev–Trinajstić information content (AvgIpc) is 3.76. The Morgan fingerprint density at radius 1 is 0.463 bits per heavy atom. The van der Waals surface area contributed by atoms with E-state index >= 15 is 0 Å². The van der Waals surface area contributed by atoms with E-state index in [1.807, 2.05) is 196 Å². The molecule has 2 aliphatic heterocycles. The molecule has 0 radical (unpaired) electrons. The Bertz CT molecular complexity index is 2310. The second-order valence-corrected chi connectivity index (χ2v) is 17.0. The smallest absolute Gasteiger partial charge is 0.305 e. The van der Waals surface area contributed by atoms with Crippen molar-refractivity contribution in [3.8, 4) is 0 Å². The van der Waals surface area contributed by atoms with E-state index in [0.29, 0.717) is 39.6 Å². The standard InChI is InChI=1S/C29H32O6.C27H30O5/c1-22(30)34-28-29(2,33-20-25-16-10-5-11-17-25)27(32-19-24-14-8-4-9-15-24)26(35-28)21-31-18-23-12-6-3-7-13-23;1-27(31-19-23-15-9-4-10-16-23)25(30-18-22-13-7-3-8-14-22)24(32-26(27)28)20-29-17-21-11-5-2-6-12-21/h3-17,26-28H,18-21H2,1-2H3;2-16,24-26,28H,17-20H2,1H3/t26-,27-,28?,29-;24-,25-,26?,27-/m11/s1. The summed E-state index contributed by atoms with van der Waals surface area (Å²) in [4.78, 5) is 11.9. The molecule has 67 heavy (non-hydrogen) atoms. The molecule has 6 aromatic carbocycles. The molecule has 2 unspecified atom stereocenters. The van der Waals surface area contributed by atoms with Gasteiger partial charge in [-0.05, 0) is 47.2 Å². The second kappa shape index (κ2) is 25.0. The maximum absolute atomic E-state index is 11.9. The summed E-state index contributed by atoms with van der Waals surface area (Å²) >= 11 is 0. The van der Waals surface area contributed by atoms with Crippen LogP contribution in [0.4, 0.5) is 0 Å². The van der Waals surface area contributed by atoms with Crippen LogP contribution in [0.5, 0.6) is 0 Å². The number of carbonyl (C=O) groups excluding carboxylic acids is 1. The van der Waals surface area contributed by atoms with E-state index in [4.69, 9.17) is 42.6 Å². The molecule has 2 fully saturated rings. The van der Waals surface area contributed by atoms with Crippen molar-refractivity contribution in [2.24, 2.45) is 0 Å². The molecular weight excluding hydrogens is 849 g/mol. The van der Waals surface area contributed by atoms with Crippen molar-refractivity contribution in [2.75, 3.05) is 13.2 Å². The quantitative estimate of drug-likeness (QED) is 0.0696. The Morgan fingerprint density at radius 3 is 1.15 bits per heavy atom. The van der Waals surface area contributed by atoms with Crippen molar-refractivity contribution in [1.29, 1.82) is 0 Å². The van der Waals surface area contributed by atoms with Crippen molar-refractivity contribution in [2.45, 2.75) is 109 Å². The first kappa shape index (κ1) is 49.3. The fraction of sp³-hybridized carbons (Fsp3) is 0.339. The van der Waals surface area contributed by atoms with Crippen molar-refractivity contribution in [3.63, 3.8) is 0 Å². The lowest BCUT2D eigenvalue weighted by molar-refractivity contribution is -0.224.